The normalized spacial score (nSPS) is 10.6. The lowest BCUT2D eigenvalue weighted by molar-refractivity contribution is 1.09. The van der Waals surface area contributed by atoms with Crippen molar-refractivity contribution in [3.05, 3.63) is 30.7 Å². The van der Waals surface area contributed by atoms with Gasteiger partial charge in [0.05, 0.1) is 17.3 Å². The third-order valence-electron chi connectivity index (χ3n) is 2.49. The van der Waals surface area contributed by atoms with Crippen LogP contribution in [0.1, 0.15) is 0 Å². The van der Waals surface area contributed by atoms with Crippen LogP contribution in [0.5, 0.6) is 0 Å². The molecule has 3 aromatic heterocycles. The quantitative estimate of drug-likeness (QED) is 0.691. The zero-order valence-corrected chi connectivity index (χ0v) is 9.18. The van der Waals surface area contributed by atoms with E-state index in [2.05, 4.69) is 30.5 Å². The molecule has 0 spiro atoms. The maximum atomic E-state index is 4.45. The molecule has 0 aliphatic carbocycles. The fourth-order valence-electron chi connectivity index (χ4n) is 1.68. The lowest BCUT2D eigenvalue weighted by atomic mass is 10.1. The number of rotatable bonds is 2. The topological polar surface area (TPSA) is 79.4 Å². The molecular formula is C11H10N6. The summed E-state index contributed by atoms with van der Waals surface area (Å²) in [6.07, 6.45) is 5.20. The second-order valence-corrected chi connectivity index (χ2v) is 3.51. The number of aromatic nitrogens is 5. The zero-order valence-electron chi connectivity index (χ0n) is 9.18. The number of aromatic amines is 1. The highest BCUT2D eigenvalue weighted by Gasteiger charge is 2.10. The van der Waals surface area contributed by atoms with E-state index in [0.717, 1.165) is 22.3 Å². The lowest BCUT2D eigenvalue weighted by Crippen LogP contribution is -1.98. The molecule has 0 aromatic carbocycles. The minimum Gasteiger partial charge on any atom is -0.357 e. The van der Waals surface area contributed by atoms with E-state index in [0.29, 0.717) is 5.95 Å². The van der Waals surface area contributed by atoms with Gasteiger partial charge in [-0.3, -0.25) is 10.1 Å². The number of pyridine rings is 1. The molecule has 6 heteroatoms. The van der Waals surface area contributed by atoms with Gasteiger partial charge in [0.1, 0.15) is 0 Å². The van der Waals surface area contributed by atoms with Crippen molar-refractivity contribution in [2.75, 3.05) is 12.4 Å². The molecule has 0 fully saturated rings. The van der Waals surface area contributed by atoms with E-state index in [4.69, 9.17) is 0 Å². The average molecular weight is 226 g/mol. The highest BCUT2D eigenvalue weighted by atomic mass is 15.2. The molecule has 84 valence electrons. The van der Waals surface area contributed by atoms with Crippen LogP contribution in [0.2, 0.25) is 0 Å². The van der Waals surface area contributed by atoms with Crippen LogP contribution >= 0.6 is 0 Å². The maximum absolute atomic E-state index is 4.45. The van der Waals surface area contributed by atoms with E-state index >= 15 is 0 Å². The minimum absolute atomic E-state index is 0.563. The lowest BCUT2D eigenvalue weighted by Gasteiger charge is -2.04. The van der Waals surface area contributed by atoms with E-state index < -0.39 is 0 Å². The van der Waals surface area contributed by atoms with Crippen molar-refractivity contribution in [2.24, 2.45) is 0 Å². The standard InChI is InChI=1S/C11H10N6/c1-12-11-15-9(7-2-4-13-5-3-7)8-6-14-17-10(8)16-11/h2-6H,1H3,(H2,12,14,15,16,17). The number of nitrogens with one attached hydrogen (secondary N) is 2. The first-order valence-electron chi connectivity index (χ1n) is 5.18. The van der Waals surface area contributed by atoms with Gasteiger partial charge < -0.3 is 5.32 Å². The van der Waals surface area contributed by atoms with Gasteiger partial charge in [0.15, 0.2) is 5.65 Å². The molecule has 17 heavy (non-hydrogen) atoms. The van der Waals surface area contributed by atoms with Crippen LogP contribution in [0.4, 0.5) is 5.95 Å². The molecule has 0 saturated heterocycles. The predicted molar refractivity (Wildman–Crippen MR) is 64.5 cm³/mol. The summed E-state index contributed by atoms with van der Waals surface area (Å²) in [5, 5.41) is 10.7. The van der Waals surface area contributed by atoms with Crippen LogP contribution in [0.3, 0.4) is 0 Å². The summed E-state index contributed by atoms with van der Waals surface area (Å²) in [7, 11) is 1.79. The van der Waals surface area contributed by atoms with Crippen molar-refractivity contribution in [3.63, 3.8) is 0 Å². The molecule has 6 nitrogen and oxygen atoms in total. The SMILES string of the molecule is CNc1nc(-c2ccncc2)c2cn[nH]c2n1. The van der Waals surface area contributed by atoms with Crippen molar-refractivity contribution < 1.29 is 0 Å². The summed E-state index contributed by atoms with van der Waals surface area (Å²) >= 11 is 0. The average Bonchev–Trinajstić information content (AvgIpc) is 2.86. The first-order valence-corrected chi connectivity index (χ1v) is 5.18. The Morgan fingerprint density at radius 2 is 2.00 bits per heavy atom. The Kier molecular flexibility index (Phi) is 2.18. The van der Waals surface area contributed by atoms with Gasteiger partial charge in [-0.25, -0.2) is 4.98 Å². The van der Waals surface area contributed by atoms with Gasteiger partial charge in [-0.2, -0.15) is 10.1 Å². The molecule has 0 amide bonds. The van der Waals surface area contributed by atoms with E-state index in [1.807, 2.05) is 12.1 Å². The Bertz CT molecular complexity index is 645. The Hall–Kier alpha value is -2.50. The van der Waals surface area contributed by atoms with Gasteiger partial charge in [-0.05, 0) is 12.1 Å². The Morgan fingerprint density at radius 1 is 1.18 bits per heavy atom. The molecule has 0 atom stereocenters. The number of hydrogen-bond acceptors (Lipinski definition) is 5. The van der Waals surface area contributed by atoms with E-state index in [9.17, 15) is 0 Å². The first-order chi connectivity index (χ1) is 8.38. The number of anilines is 1. The van der Waals surface area contributed by atoms with Crippen LogP contribution in [0.25, 0.3) is 22.3 Å². The molecule has 0 saturated carbocycles. The Labute approximate surface area is 97.1 Å². The van der Waals surface area contributed by atoms with Gasteiger partial charge in [-0.1, -0.05) is 0 Å². The fourth-order valence-corrected chi connectivity index (χ4v) is 1.68. The van der Waals surface area contributed by atoms with Crippen molar-refractivity contribution in [2.45, 2.75) is 0 Å². The summed E-state index contributed by atoms with van der Waals surface area (Å²) < 4.78 is 0. The Balaban J connectivity index is 2.30. The summed E-state index contributed by atoms with van der Waals surface area (Å²) in [4.78, 5) is 12.7. The molecular weight excluding hydrogens is 216 g/mol. The number of fused-ring (bicyclic) bond motifs is 1. The van der Waals surface area contributed by atoms with Gasteiger partial charge in [0.2, 0.25) is 5.95 Å². The summed E-state index contributed by atoms with van der Waals surface area (Å²) in [5.41, 5.74) is 2.55. The first kappa shape index (κ1) is 9.71. The number of nitrogens with zero attached hydrogens (tertiary/aromatic N) is 4. The predicted octanol–water partition coefficient (Wildman–Crippen LogP) is 1.46. The van der Waals surface area contributed by atoms with Crippen molar-refractivity contribution in [1.29, 1.82) is 0 Å². The molecule has 0 unspecified atom stereocenters. The van der Waals surface area contributed by atoms with E-state index in [-0.39, 0.29) is 0 Å². The van der Waals surface area contributed by atoms with Crippen LogP contribution in [0.15, 0.2) is 30.7 Å². The summed E-state index contributed by atoms with van der Waals surface area (Å²) in [6, 6.07) is 3.82. The van der Waals surface area contributed by atoms with Gasteiger partial charge in [0, 0.05) is 25.0 Å². The van der Waals surface area contributed by atoms with Crippen molar-refractivity contribution in [1.82, 2.24) is 25.1 Å². The summed E-state index contributed by atoms with van der Waals surface area (Å²) in [5.74, 6) is 0.563. The largest absolute Gasteiger partial charge is 0.357 e. The second kappa shape index (κ2) is 3.82. The highest BCUT2D eigenvalue weighted by Crippen LogP contribution is 2.25. The third-order valence-corrected chi connectivity index (χ3v) is 2.49. The van der Waals surface area contributed by atoms with Crippen LogP contribution in [-0.4, -0.2) is 32.2 Å². The smallest absolute Gasteiger partial charge is 0.225 e. The molecule has 3 aromatic rings. The number of hydrogen-bond donors (Lipinski definition) is 2. The molecule has 3 heterocycles. The van der Waals surface area contributed by atoms with Gasteiger partial charge in [-0.15, -0.1) is 0 Å². The Morgan fingerprint density at radius 3 is 2.76 bits per heavy atom. The molecule has 0 aliphatic heterocycles. The van der Waals surface area contributed by atoms with Crippen LogP contribution < -0.4 is 5.32 Å². The van der Waals surface area contributed by atoms with Gasteiger partial charge in [0.25, 0.3) is 0 Å². The molecule has 0 aliphatic rings. The van der Waals surface area contributed by atoms with Gasteiger partial charge >= 0.3 is 0 Å². The fraction of sp³-hybridized carbons (Fsp3) is 0.0909. The number of H-pyrrole nitrogens is 1. The summed E-state index contributed by atoms with van der Waals surface area (Å²) in [6.45, 7) is 0. The zero-order chi connectivity index (χ0) is 11.7. The molecule has 0 radical (unpaired) electrons. The van der Waals surface area contributed by atoms with Crippen molar-refractivity contribution in [3.8, 4) is 11.3 Å². The second-order valence-electron chi connectivity index (χ2n) is 3.51. The third kappa shape index (κ3) is 1.59. The van der Waals surface area contributed by atoms with Crippen LogP contribution in [0, 0.1) is 0 Å². The molecule has 2 N–H and O–H groups in total. The minimum atomic E-state index is 0.563. The highest BCUT2D eigenvalue weighted by molar-refractivity contribution is 5.90. The maximum Gasteiger partial charge on any atom is 0.225 e. The molecule has 0 bridgehead atoms. The van der Waals surface area contributed by atoms with E-state index in [1.165, 1.54) is 0 Å². The molecule has 3 rings (SSSR count). The van der Waals surface area contributed by atoms with Crippen LogP contribution in [-0.2, 0) is 0 Å². The van der Waals surface area contributed by atoms with E-state index in [1.54, 1.807) is 25.6 Å². The van der Waals surface area contributed by atoms with Crippen molar-refractivity contribution >= 4 is 17.0 Å². The monoisotopic (exact) mass is 226 g/mol.